The summed E-state index contributed by atoms with van der Waals surface area (Å²) in [7, 11) is 3.45. The van der Waals surface area contributed by atoms with E-state index in [0.717, 1.165) is 43.2 Å². The highest BCUT2D eigenvalue weighted by atomic mass is 16.5. The van der Waals surface area contributed by atoms with Crippen LogP contribution in [-0.4, -0.2) is 45.3 Å². The molecule has 0 aromatic heterocycles. The fraction of sp³-hybridized carbons (Fsp3) is 0.455. The van der Waals surface area contributed by atoms with Crippen molar-refractivity contribution in [3.8, 4) is 11.5 Å². The highest BCUT2D eigenvalue weighted by molar-refractivity contribution is 5.46. The lowest BCUT2D eigenvalue weighted by molar-refractivity contribution is 0.195. The molecule has 1 aliphatic rings. The number of hydrogen-bond acceptors (Lipinski definition) is 4. The number of ether oxygens (including phenoxy) is 2. The second-order valence-electron chi connectivity index (χ2n) is 7.12. The maximum atomic E-state index is 5.70. The minimum absolute atomic E-state index is 0.156. The molecule has 2 aromatic carbocycles. The highest BCUT2D eigenvalue weighted by Crippen LogP contribution is 2.37. The van der Waals surface area contributed by atoms with Gasteiger partial charge in [-0.1, -0.05) is 38.1 Å². The van der Waals surface area contributed by atoms with Crippen molar-refractivity contribution in [3.63, 3.8) is 0 Å². The summed E-state index contributed by atoms with van der Waals surface area (Å²) < 4.78 is 11.2. The van der Waals surface area contributed by atoms with E-state index in [1.54, 1.807) is 14.2 Å². The van der Waals surface area contributed by atoms with Crippen molar-refractivity contribution in [2.45, 2.75) is 25.8 Å². The van der Waals surface area contributed by atoms with E-state index in [-0.39, 0.29) is 6.04 Å². The lowest BCUT2D eigenvalue weighted by Crippen LogP contribution is -2.45. The van der Waals surface area contributed by atoms with E-state index in [4.69, 9.17) is 9.47 Å². The molecule has 0 saturated carbocycles. The molecule has 0 bridgehead atoms. The Labute approximate surface area is 157 Å². The lowest BCUT2D eigenvalue weighted by atomic mass is 9.93. The first-order valence-electron chi connectivity index (χ1n) is 9.40. The highest BCUT2D eigenvalue weighted by Gasteiger charge is 2.27. The molecule has 0 amide bonds. The van der Waals surface area contributed by atoms with Crippen LogP contribution >= 0.6 is 0 Å². The summed E-state index contributed by atoms with van der Waals surface area (Å²) in [6.45, 7) is 8.50. The van der Waals surface area contributed by atoms with E-state index in [1.807, 2.05) is 12.1 Å². The van der Waals surface area contributed by atoms with Crippen LogP contribution in [0.4, 0.5) is 0 Å². The van der Waals surface area contributed by atoms with E-state index in [1.165, 1.54) is 11.1 Å². The average Bonchev–Trinajstić information content (AvgIpc) is 2.69. The summed E-state index contributed by atoms with van der Waals surface area (Å²) >= 11 is 0. The fourth-order valence-electron chi connectivity index (χ4n) is 3.64. The van der Waals surface area contributed by atoms with Gasteiger partial charge in [0.15, 0.2) is 0 Å². The second-order valence-corrected chi connectivity index (χ2v) is 7.12. The number of benzene rings is 2. The minimum Gasteiger partial charge on any atom is -0.497 e. The molecule has 1 heterocycles. The predicted molar refractivity (Wildman–Crippen MR) is 106 cm³/mol. The van der Waals surface area contributed by atoms with Gasteiger partial charge < -0.3 is 14.8 Å². The van der Waals surface area contributed by atoms with Crippen LogP contribution in [0.3, 0.4) is 0 Å². The van der Waals surface area contributed by atoms with Crippen LogP contribution in [0.25, 0.3) is 0 Å². The van der Waals surface area contributed by atoms with E-state index in [0.29, 0.717) is 5.92 Å². The Kier molecular flexibility index (Phi) is 6.17. The fourth-order valence-corrected chi connectivity index (χ4v) is 3.64. The van der Waals surface area contributed by atoms with E-state index in [2.05, 4.69) is 54.4 Å². The monoisotopic (exact) mass is 354 g/mol. The summed E-state index contributed by atoms with van der Waals surface area (Å²) in [5.74, 6) is 2.30. The van der Waals surface area contributed by atoms with E-state index >= 15 is 0 Å². The molecule has 0 radical (unpaired) electrons. The van der Waals surface area contributed by atoms with Gasteiger partial charge >= 0.3 is 0 Å². The summed E-state index contributed by atoms with van der Waals surface area (Å²) in [5.41, 5.74) is 3.82. The van der Waals surface area contributed by atoms with Crippen LogP contribution in [0.5, 0.6) is 11.5 Å². The van der Waals surface area contributed by atoms with Crippen LogP contribution in [0.15, 0.2) is 42.5 Å². The molecule has 1 fully saturated rings. The molecule has 3 rings (SSSR count). The first-order chi connectivity index (χ1) is 12.6. The van der Waals surface area contributed by atoms with E-state index in [9.17, 15) is 0 Å². The van der Waals surface area contributed by atoms with Crippen molar-refractivity contribution < 1.29 is 9.47 Å². The summed E-state index contributed by atoms with van der Waals surface area (Å²) in [5, 5.41) is 3.45. The van der Waals surface area contributed by atoms with Crippen LogP contribution < -0.4 is 14.8 Å². The van der Waals surface area contributed by atoms with Crippen LogP contribution in [0.2, 0.25) is 0 Å². The molecule has 0 spiro atoms. The number of piperazine rings is 1. The zero-order chi connectivity index (χ0) is 18.5. The van der Waals surface area contributed by atoms with Gasteiger partial charge in [0, 0.05) is 31.7 Å². The molecule has 26 heavy (non-hydrogen) atoms. The van der Waals surface area contributed by atoms with Crippen molar-refractivity contribution in [2.24, 2.45) is 0 Å². The molecule has 1 aliphatic heterocycles. The minimum atomic E-state index is 0.156. The maximum absolute atomic E-state index is 5.70. The molecule has 1 N–H and O–H groups in total. The number of methoxy groups -OCH3 is 2. The second kappa shape index (κ2) is 8.56. The number of hydrogen-bond donors (Lipinski definition) is 1. The van der Waals surface area contributed by atoms with Crippen molar-refractivity contribution in [1.82, 2.24) is 10.2 Å². The van der Waals surface area contributed by atoms with Gasteiger partial charge in [-0.25, -0.2) is 0 Å². The Morgan fingerprint density at radius 3 is 2.12 bits per heavy atom. The van der Waals surface area contributed by atoms with Gasteiger partial charge in [-0.3, -0.25) is 4.90 Å². The molecular weight excluding hydrogens is 324 g/mol. The third-order valence-electron chi connectivity index (χ3n) is 5.17. The zero-order valence-electron chi connectivity index (χ0n) is 16.3. The maximum Gasteiger partial charge on any atom is 0.124 e. The van der Waals surface area contributed by atoms with Crippen LogP contribution in [-0.2, 0) is 0 Å². The smallest absolute Gasteiger partial charge is 0.124 e. The third kappa shape index (κ3) is 4.02. The van der Waals surface area contributed by atoms with Crippen LogP contribution in [0, 0.1) is 0 Å². The largest absolute Gasteiger partial charge is 0.497 e. The Balaban J connectivity index is 2.06. The van der Waals surface area contributed by atoms with Gasteiger partial charge in [-0.2, -0.15) is 0 Å². The SMILES string of the molecule is COc1ccc(OC)c(C(c2ccc(C(C)C)cc2)N2CCNCC2)c1. The number of rotatable bonds is 6. The normalized spacial score (nSPS) is 16.5. The zero-order valence-corrected chi connectivity index (χ0v) is 16.3. The Bertz CT molecular complexity index is 707. The van der Waals surface area contributed by atoms with Crippen LogP contribution in [0.1, 0.15) is 42.5 Å². The van der Waals surface area contributed by atoms with Gasteiger partial charge in [0.05, 0.1) is 20.3 Å². The number of nitrogens with zero attached hydrogens (tertiary/aromatic N) is 1. The first-order valence-corrected chi connectivity index (χ1v) is 9.40. The molecule has 0 aliphatic carbocycles. The topological polar surface area (TPSA) is 33.7 Å². The molecule has 1 unspecified atom stereocenters. The van der Waals surface area contributed by atoms with E-state index < -0.39 is 0 Å². The Hall–Kier alpha value is -2.04. The van der Waals surface area contributed by atoms with Crippen molar-refractivity contribution in [3.05, 3.63) is 59.2 Å². The average molecular weight is 354 g/mol. The third-order valence-corrected chi connectivity index (χ3v) is 5.17. The summed E-state index contributed by atoms with van der Waals surface area (Å²) in [4.78, 5) is 2.53. The standard InChI is InChI=1S/C22H30N2O2/c1-16(2)17-5-7-18(8-6-17)22(24-13-11-23-12-14-24)20-15-19(25-3)9-10-21(20)26-4/h5-10,15-16,22-23H,11-14H2,1-4H3. The number of nitrogens with one attached hydrogen (secondary N) is 1. The molecule has 2 aromatic rings. The van der Waals surface area contributed by atoms with Gasteiger partial charge in [0.25, 0.3) is 0 Å². The van der Waals surface area contributed by atoms with Gasteiger partial charge in [-0.15, -0.1) is 0 Å². The lowest BCUT2D eigenvalue weighted by Gasteiger charge is -2.36. The van der Waals surface area contributed by atoms with Gasteiger partial charge in [0.2, 0.25) is 0 Å². The molecule has 4 nitrogen and oxygen atoms in total. The van der Waals surface area contributed by atoms with Gasteiger partial charge in [-0.05, 0) is 35.2 Å². The quantitative estimate of drug-likeness (QED) is 0.855. The Morgan fingerprint density at radius 1 is 0.885 bits per heavy atom. The van der Waals surface area contributed by atoms with Crippen molar-refractivity contribution in [2.75, 3.05) is 40.4 Å². The van der Waals surface area contributed by atoms with Crippen molar-refractivity contribution in [1.29, 1.82) is 0 Å². The Morgan fingerprint density at radius 2 is 1.54 bits per heavy atom. The molecular formula is C22H30N2O2. The summed E-state index contributed by atoms with van der Waals surface area (Å²) in [6.07, 6.45) is 0. The first kappa shape index (κ1) is 18.7. The predicted octanol–water partition coefficient (Wildman–Crippen LogP) is 3.82. The molecule has 1 atom stereocenters. The molecule has 140 valence electrons. The summed E-state index contributed by atoms with van der Waals surface area (Å²) in [6, 6.07) is 15.3. The van der Waals surface area contributed by atoms with Gasteiger partial charge in [0.1, 0.15) is 11.5 Å². The molecule has 4 heteroatoms. The molecule has 1 saturated heterocycles. The van der Waals surface area contributed by atoms with Crippen molar-refractivity contribution >= 4 is 0 Å².